The van der Waals surface area contributed by atoms with Gasteiger partial charge in [-0.15, -0.1) is 0 Å². The van der Waals surface area contributed by atoms with Crippen LogP contribution in [-0.4, -0.2) is 54.1 Å². The summed E-state index contributed by atoms with van der Waals surface area (Å²) in [5.74, 6) is -1.28. The molecule has 0 atom stereocenters. The number of nitrogens with one attached hydrogen (secondary N) is 2. The highest BCUT2D eigenvalue weighted by atomic mass is 16.4. The molecule has 1 fully saturated rings. The van der Waals surface area contributed by atoms with Crippen LogP contribution in [0.25, 0.3) is 0 Å². The molecule has 7 heteroatoms. The molecule has 3 amide bonds. The van der Waals surface area contributed by atoms with E-state index in [4.69, 9.17) is 5.11 Å². The number of carboxylic acids is 1. The van der Waals surface area contributed by atoms with Gasteiger partial charge in [0.15, 0.2) is 0 Å². The maximum Gasteiger partial charge on any atom is 0.321 e. The number of hydrogen-bond donors (Lipinski definition) is 3. The van der Waals surface area contributed by atoms with Gasteiger partial charge in [-0.25, -0.2) is 4.79 Å². The second-order valence-corrected chi connectivity index (χ2v) is 5.34. The topological polar surface area (TPSA) is 98.7 Å². The Morgan fingerprint density at radius 3 is 2.30 bits per heavy atom. The van der Waals surface area contributed by atoms with Crippen LogP contribution in [0.4, 0.5) is 4.79 Å². The number of nitrogens with zero attached hydrogens (tertiary/aromatic N) is 1. The van der Waals surface area contributed by atoms with Crippen molar-refractivity contribution in [1.82, 2.24) is 15.5 Å². The molecule has 114 valence electrons. The number of hydrogen-bond acceptors (Lipinski definition) is 4. The van der Waals surface area contributed by atoms with Gasteiger partial charge in [0.05, 0.1) is 13.0 Å². The summed E-state index contributed by atoms with van der Waals surface area (Å²) >= 11 is 0. The molecule has 0 spiro atoms. The number of likely N-dealkylation sites (N-methyl/N-ethyl adjacent to an activating group) is 1. The van der Waals surface area contributed by atoms with Crippen LogP contribution in [0, 0.1) is 0 Å². The molecule has 0 bridgehead atoms. The third-order valence-electron chi connectivity index (χ3n) is 3.94. The van der Waals surface area contributed by atoms with Crippen LogP contribution >= 0.6 is 0 Å². The van der Waals surface area contributed by atoms with E-state index in [-0.39, 0.29) is 13.0 Å². The Morgan fingerprint density at radius 1 is 1.20 bits per heavy atom. The van der Waals surface area contributed by atoms with Gasteiger partial charge in [-0.1, -0.05) is 19.3 Å². The molecule has 0 unspecified atom stereocenters. The molecular formula is C13H23N3O4. The van der Waals surface area contributed by atoms with Crippen molar-refractivity contribution >= 4 is 17.9 Å². The number of rotatable bonds is 5. The number of aliphatic carboxylic acids is 1. The standard InChI is InChI=1S/C13H23N3O4/c1-14-12(20)15-10(17)9-16(2)13(8-11(18)19)6-4-3-5-7-13/h3-9H2,1-2H3,(H,18,19)(H2,14,15,17,20). The monoisotopic (exact) mass is 285 g/mol. The van der Waals surface area contributed by atoms with E-state index in [9.17, 15) is 14.4 Å². The van der Waals surface area contributed by atoms with Crippen LogP contribution in [0.3, 0.4) is 0 Å². The zero-order chi connectivity index (χ0) is 15.2. The lowest BCUT2D eigenvalue weighted by Gasteiger charge is -2.43. The van der Waals surface area contributed by atoms with Crippen molar-refractivity contribution in [2.45, 2.75) is 44.1 Å². The van der Waals surface area contributed by atoms with Crippen LogP contribution in [-0.2, 0) is 9.59 Å². The molecule has 0 heterocycles. The zero-order valence-electron chi connectivity index (χ0n) is 12.1. The highest BCUT2D eigenvalue weighted by Crippen LogP contribution is 2.35. The summed E-state index contributed by atoms with van der Waals surface area (Å²) in [6, 6.07) is -0.556. The third kappa shape index (κ3) is 4.48. The van der Waals surface area contributed by atoms with Crippen LogP contribution in [0.2, 0.25) is 0 Å². The van der Waals surface area contributed by atoms with E-state index in [0.717, 1.165) is 32.1 Å². The molecule has 0 saturated heterocycles. The lowest BCUT2D eigenvalue weighted by Crippen LogP contribution is -2.53. The van der Waals surface area contributed by atoms with Crippen molar-refractivity contribution in [1.29, 1.82) is 0 Å². The van der Waals surface area contributed by atoms with Gasteiger partial charge < -0.3 is 10.4 Å². The first-order valence-corrected chi connectivity index (χ1v) is 6.84. The van der Waals surface area contributed by atoms with E-state index in [0.29, 0.717) is 0 Å². The van der Waals surface area contributed by atoms with Gasteiger partial charge >= 0.3 is 12.0 Å². The summed E-state index contributed by atoms with van der Waals surface area (Å²) in [5, 5.41) is 13.6. The Morgan fingerprint density at radius 2 is 1.80 bits per heavy atom. The molecule has 1 aliphatic rings. The molecule has 7 nitrogen and oxygen atoms in total. The largest absolute Gasteiger partial charge is 0.481 e. The predicted octanol–water partition coefficient (Wildman–Crippen LogP) is 0.551. The number of amides is 3. The van der Waals surface area contributed by atoms with Gasteiger partial charge in [0.25, 0.3) is 0 Å². The maximum atomic E-state index is 11.7. The number of imide groups is 1. The first kappa shape index (κ1) is 16.4. The van der Waals surface area contributed by atoms with Crippen molar-refractivity contribution in [2.75, 3.05) is 20.6 Å². The second kappa shape index (κ2) is 7.23. The first-order valence-electron chi connectivity index (χ1n) is 6.84. The SMILES string of the molecule is CNC(=O)NC(=O)CN(C)C1(CC(=O)O)CCCCC1. The van der Waals surface area contributed by atoms with Gasteiger partial charge in [0, 0.05) is 12.6 Å². The zero-order valence-corrected chi connectivity index (χ0v) is 12.1. The highest BCUT2D eigenvalue weighted by molar-refractivity contribution is 5.95. The number of carbonyl (C=O) groups excluding carboxylic acids is 2. The molecule has 3 N–H and O–H groups in total. The maximum absolute atomic E-state index is 11.7. The molecule has 0 aromatic rings. The van der Waals surface area contributed by atoms with Crippen LogP contribution < -0.4 is 10.6 Å². The first-order chi connectivity index (χ1) is 9.39. The predicted molar refractivity (Wildman–Crippen MR) is 73.3 cm³/mol. The Hall–Kier alpha value is -1.63. The molecule has 1 aliphatic carbocycles. The fourth-order valence-corrected chi connectivity index (χ4v) is 2.80. The molecule has 0 aromatic heterocycles. The minimum Gasteiger partial charge on any atom is -0.481 e. The van der Waals surface area contributed by atoms with Gasteiger partial charge in [0.1, 0.15) is 0 Å². The number of urea groups is 1. The normalized spacial score (nSPS) is 17.6. The Kier molecular flexibility index (Phi) is 5.94. The van der Waals surface area contributed by atoms with E-state index >= 15 is 0 Å². The Balaban J connectivity index is 2.68. The fourth-order valence-electron chi connectivity index (χ4n) is 2.80. The van der Waals surface area contributed by atoms with Crippen molar-refractivity contribution in [3.63, 3.8) is 0 Å². The summed E-state index contributed by atoms with van der Waals surface area (Å²) in [7, 11) is 3.18. The minimum absolute atomic E-state index is 0.0146. The van der Waals surface area contributed by atoms with Crippen molar-refractivity contribution in [3.05, 3.63) is 0 Å². The van der Waals surface area contributed by atoms with E-state index in [2.05, 4.69) is 10.6 Å². The van der Waals surface area contributed by atoms with E-state index in [1.165, 1.54) is 7.05 Å². The summed E-state index contributed by atoms with van der Waals surface area (Å²) in [4.78, 5) is 35.7. The van der Waals surface area contributed by atoms with Gasteiger partial charge in [-0.2, -0.15) is 0 Å². The van der Waals surface area contributed by atoms with Gasteiger partial charge in [-0.05, 0) is 19.9 Å². The van der Waals surface area contributed by atoms with E-state index in [1.807, 2.05) is 0 Å². The smallest absolute Gasteiger partial charge is 0.321 e. The Labute approximate surface area is 118 Å². The highest BCUT2D eigenvalue weighted by Gasteiger charge is 2.38. The number of carbonyl (C=O) groups is 3. The lowest BCUT2D eigenvalue weighted by molar-refractivity contribution is -0.142. The molecule has 0 aromatic carbocycles. The van der Waals surface area contributed by atoms with E-state index in [1.54, 1.807) is 11.9 Å². The third-order valence-corrected chi connectivity index (χ3v) is 3.94. The van der Waals surface area contributed by atoms with Crippen LogP contribution in [0.1, 0.15) is 38.5 Å². The van der Waals surface area contributed by atoms with Gasteiger partial charge in [-0.3, -0.25) is 19.8 Å². The van der Waals surface area contributed by atoms with Crippen molar-refractivity contribution < 1.29 is 19.5 Å². The summed E-state index contributed by atoms with van der Waals surface area (Å²) in [5.41, 5.74) is -0.482. The average Bonchev–Trinajstić information content (AvgIpc) is 2.38. The molecule has 1 rings (SSSR count). The van der Waals surface area contributed by atoms with Crippen LogP contribution in [0.5, 0.6) is 0 Å². The summed E-state index contributed by atoms with van der Waals surface area (Å²) < 4.78 is 0. The second-order valence-electron chi connectivity index (χ2n) is 5.34. The average molecular weight is 285 g/mol. The van der Waals surface area contributed by atoms with Crippen molar-refractivity contribution in [3.8, 4) is 0 Å². The molecular weight excluding hydrogens is 262 g/mol. The summed E-state index contributed by atoms with van der Waals surface area (Å²) in [6.07, 6.45) is 4.59. The molecule has 0 radical (unpaired) electrons. The van der Waals surface area contributed by atoms with E-state index < -0.39 is 23.4 Å². The molecule has 0 aliphatic heterocycles. The Bertz CT molecular complexity index is 378. The lowest BCUT2D eigenvalue weighted by atomic mass is 9.78. The molecule has 20 heavy (non-hydrogen) atoms. The summed E-state index contributed by atoms with van der Waals surface area (Å²) in [6.45, 7) is 0.0146. The quantitative estimate of drug-likeness (QED) is 0.685. The minimum atomic E-state index is -0.856. The van der Waals surface area contributed by atoms with Crippen molar-refractivity contribution in [2.24, 2.45) is 0 Å². The van der Waals surface area contributed by atoms with Crippen LogP contribution in [0.15, 0.2) is 0 Å². The number of carboxylic acid groups (broad SMARTS) is 1. The van der Waals surface area contributed by atoms with Gasteiger partial charge in [0.2, 0.25) is 5.91 Å². The fraction of sp³-hybridized carbons (Fsp3) is 0.769. The molecule has 1 saturated carbocycles.